The predicted octanol–water partition coefficient (Wildman–Crippen LogP) is 8.93. The highest BCUT2D eigenvalue weighted by atomic mass is 28.4. The van der Waals surface area contributed by atoms with Gasteiger partial charge >= 0.3 is 0 Å². The van der Waals surface area contributed by atoms with Gasteiger partial charge in [0.25, 0.3) is 0 Å². The van der Waals surface area contributed by atoms with Gasteiger partial charge in [0.1, 0.15) is 5.78 Å². The van der Waals surface area contributed by atoms with E-state index in [1.54, 1.807) is 0 Å². The third-order valence-corrected chi connectivity index (χ3v) is 17.6. The van der Waals surface area contributed by atoms with E-state index in [-0.39, 0.29) is 39.9 Å². The predicted molar refractivity (Wildman–Crippen MR) is 153 cm³/mol. The number of rotatable bonds is 12. The van der Waals surface area contributed by atoms with E-state index < -0.39 is 16.6 Å². The summed E-state index contributed by atoms with van der Waals surface area (Å²) in [6.45, 7) is 31.5. The van der Waals surface area contributed by atoms with Gasteiger partial charge in [-0.1, -0.05) is 92.9 Å². The molecule has 0 aliphatic heterocycles. The number of ketones is 1. The second-order valence-corrected chi connectivity index (χ2v) is 23.2. The maximum atomic E-state index is 12.9. The van der Waals surface area contributed by atoms with Gasteiger partial charge in [0, 0.05) is 18.3 Å². The fraction of sp³-hybridized carbons (Fsp3) is 0.828. The van der Waals surface area contributed by atoms with Crippen molar-refractivity contribution in [2.75, 3.05) is 0 Å². The van der Waals surface area contributed by atoms with E-state index in [1.807, 2.05) is 6.08 Å². The van der Waals surface area contributed by atoms with E-state index in [0.29, 0.717) is 12.3 Å². The molecule has 1 fully saturated rings. The van der Waals surface area contributed by atoms with Gasteiger partial charge in [-0.15, -0.1) is 6.58 Å². The van der Waals surface area contributed by atoms with Crippen LogP contribution in [0.25, 0.3) is 0 Å². The third-order valence-electron chi connectivity index (χ3n) is 8.61. The molecule has 0 radical (unpaired) electrons. The smallest absolute Gasteiger partial charge is 0.192 e. The summed E-state index contributed by atoms with van der Waals surface area (Å²) in [5.74, 6) is 0.734. The molecule has 0 bridgehead atoms. The van der Waals surface area contributed by atoms with E-state index in [2.05, 4.69) is 100 Å². The molecule has 1 saturated carbocycles. The van der Waals surface area contributed by atoms with Crippen molar-refractivity contribution in [2.45, 2.75) is 136 Å². The number of allylic oxidation sites excluding steroid dienone is 1. The number of carbonyl (C=O) groups is 1. The molecule has 3 nitrogen and oxygen atoms in total. The zero-order valence-corrected chi connectivity index (χ0v) is 26.6. The van der Waals surface area contributed by atoms with E-state index in [4.69, 9.17) is 8.85 Å². The van der Waals surface area contributed by atoms with Gasteiger partial charge in [-0.05, 0) is 48.6 Å². The second kappa shape index (κ2) is 12.2. The highest BCUT2D eigenvalue weighted by Gasteiger charge is 2.46. The molecule has 0 amide bonds. The van der Waals surface area contributed by atoms with Gasteiger partial charge in [0.2, 0.25) is 0 Å². The fourth-order valence-corrected chi connectivity index (χ4v) is 6.80. The topological polar surface area (TPSA) is 35.5 Å². The molecular weight excluding hydrogens is 452 g/mol. The van der Waals surface area contributed by atoms with Crippen LogP contribution in [0.1, 0.15) is 87.5 Å². The Labute approximate surface area is 214 Å². The lowest BCUT2D eigenvalue weighted by atomic mass is 9.92. The molecule has 0 N–H and O–H groups in total. The van der Waals surface area contributed by atoms with Gasteiger partial charge in [-0.2, -0.15) is 0 Å². The molecule has 0 spiro atoms. The van der Waals surface area contributed by atoms with Crippen molar-refractivity contribution in [1.29, 1.82) is 0 Å². The molecule has 1 aliphatic carbocycles. The monoisotopic (exact) mass is 508 g/mol. The SMILES string of the molecule is C=C[C@H]1C(=O)C[C@@H](O[Si](C)(C)C(C)(C)C)[C@H]1C=C[C@H](C[C@@H](C)CCCC)O[Si](C)(C)C(C)(C)C. The Morgan fingerprint density at radius 1 is 1.06 bits per heavy atom. The van der Waals surface area contributed by atoms with Crippen molar-refractivity contribution in [2.24, 2.45) is 17.8 Å². The number of carbonyl (C=O) groups excluding carboxylic acids is 1. The van der Waals surface area contributed by atoms with Crippen LogP contribution in [0.15, 0.2) is 24.8 Å². The van der Waals surface area contributed by atoms with E-state index in [1.165, 1.54) is 19.3 Å². The Morgan fingerprint density at radius 3 is 2.09 bits per heavy atom. The van der Waals surface area contributed by atoms with Gasteiger partial charge in [0.05, 0.1) is 12.2 Å². The van der Waals surface area contributed by atoms with Crippen molar-refractivity contribution < 1.29 is 13.6 Å². The number of hydrogen-bond donors (Lipinski definition) is 0. The van der Waals surface area contributed by atoms with Crippen molar-refractivity contribution in [3.05, 3.63) is 24.8 Å². The van der Waals surface area contributed by atoms with Crippen LogP contribution in [0, 0.1) is 17.8 Å². The van der Waals surface area contributed by atoms with Gasteiger partial charge in [-0.3, -0.25) is 4.79 Å². The lowest BCUT2D eigenvalue weighted by Gasteiger charge is -2.40. The van der Waals surface area contributed by atoms with Crippen LogP contribution in [-0.2, 0) is 13.6 Å². The quantitative estimate of drug-likeness (QED) is 0.195. The molecule has 1 rings (SSSR count). The lowest BCUT2D eigenvalue weighted by Crippen LogP contribution is -2.45. The van der Waals surface area contributed by atoms with Crippen LogP contribution in [0.5, 0.6) is 0 Å². The van der Waals surface area contributed by atoms with Crippen LogP contribution < -0.4 is 0 Å². The minimum Gasteiger partial charge on any atom is -0.413 e. The summed E-state index contributed by atoms with van der Waals surface area (Å²) < 4.78 is 13.7. The van der Waals surface area contributed by atoms with Crippen LogP contribution in [0.4, 0.5) is 0 Å². The highest BCUT2D eigenvalue weighted by molar-refractivity contribution is 6.74. The minimum atomic E-state index is -1.99. The van der Waals surface area contributed by atoms with Crippen LogP contribution >= 0.6 is 0 Å². The van der Waals surface area contributed by atoms with Crippen LogP contribution in [0.3, 0.4) is 0 Å². The third kappa shape index (κ3) is 8.56. The van der Waals surface area contributed by atoms with E-state index in [9.17, 15) is 4.79 Å². The summed E-state index contributed by atoms with van der Waals surface area (Å²) in [6, 6.07) is 0. The number of unbranched alkanes of at least 4 members (excludes halogenated alkanes) is 1. The normalized spacial score (nSPS) is 24.6. The zero-order valence-electron chi connectivity index (χ0n) is 24.6. The largest absolute Gasteiger partial charge is 0.413 e. The average Bonchev–Trinajstić information content (AvgIpc) is 2.95. The first kappa shape index (κ1) is 31.5. The Hall–Kier alpha value is -0.496. The first-order valence-corrected chi connectivity index (χ1v) is 19.4. The second-order valence-electron chi connectivity index (χ2n) is 13.7. The van der Waals surface area contributed by atoms with Crippen LogP contribution in [-0.4, -0.2) is 34.6 Å². The highest BCUT2D eigenvalue weighted by Crippen LogP contribution is 2.43. The summed E-state index contributed by atoms with van der Waals surface area (Å²) in [7, 11) is -3.91. The Morgan fingerprint density at radius 2 is 1.62 bits per heavy atom. The molecule has 1 aliphatic rings. The number of hydrogen-bond acceptors (Lipinski definition) is 3. The summed E-state index contributed by atoms with van der Waals surface area (Å²) in [6.07, 6.45) is 11.6. The Bertz CT molecular complexity index is 697. The van der Waals surface area contributed by atoms with Crippen molar-refractivity contribution in [1.82, 2.24) is 0 Å². The minimum absolute atomic E-state index is 0.0376. The molecule has 0 unspecified atom stereocenters. The molecule has 34 heavy (non-hydrogen) atoms. The Balaban J connectivity index is 3.22. The van der Waals surface area contributed by atoms with Crippen LogP contribution in [0.2, 0.25) is 36.3 Å². The standard InChI is InChI=1S/C29H56O3Si2/c1-14-16-17-22(3)20-23(31-33(10,11)28(4,5)6)18-19-25-24(15-2)26(30)21-27(25)32-34(12,13)29(7,8)9/h15,18-19,22-25,27H,2,14,16-17,20-21H2,1,3-13H3/t22-,23+,24+,25-,27+/m0/s1. The first-order chi connectivity index (χ1) is 15.4. The van der Waals surface area contributed by atoms with Crippen molar-refractivity contribution >= 4 is 22.4 Å². The molecule has 198 valence electrons. The molecule has 0 aromatic carbocycles. The maximum absolute atomic E-state index is 12.9. The molecule has 5 atom stereocenters. The van der Waals surface area contributed by atoms with Gasteiger partial charge in [0.15, 0.2) is 16.6 Å². The lowest BCUT2D eigenvalue weighted by molar-refractivity contribution is -0.119. The first-order valence-electron chi connectivity index (χ1n) is 13.6. The van der Waals surface area contributed by atoms with Gasteiger partial charge < -0.3 is 8.85 Å². The summed E-state index contributed by atoms with van der Waals surface area (Å²) >= 11 is 0. The summed E-state index contributed by atoms with van der Waals surface area (Å²) in [5, 5.41) is 0.270. The molecule has 0 saturated heterocycles. The van der Waals surface area contributed by atoms with E-state index >= 15 is 0 Å². The Kier molecular flexibility index (Phi) is 11.3. The molecule has 0 aromatic heterocycles. The number of Topliss-reactive ketones (excluding diaryl/α,β-unsaturated/α-hetero) is 1. The van der Waals surface area contributed by atoms with Crippen molar-refractivity contribution in [3.8, 4) is 0 Å². The molecular formula is C29H56O3Si2. The van der Waals surface area contributed by atoms with E-state index in [0.717, 1.165) is 6.42 Å². The molecule has 0 aromatic rings. The maximum Gasteiger partial charge on any atom is 0.192 e. The molecule has 5 heteroatoms. The average molecular weight is 509 g/mol. The fourth-order valence-electron chi connectivity index (χ4n) is 4.16. The summed E-state index contributed by atoms with van der Waals surface area (Å²) in [4.78, 5) is 12.9. The summed E-state index contributed by atoms with van der Waals surface area (Å²) in [5.41, 5.74) is 0. The molecule has 0 heterocycles. The van der Waals surface area contributed by atoms with Gasteiger partial charge in [-0.25, -0.2) is 0 Å². The van der Waals surface area contributed by atoms with Crippen molar-refractivity contribution in [3.63, 3.8) is 0 Å². The zero-order chi connectivity index (χ0) is 26.5.